The van der Waals surface area contributed by atoms with Gasteiger partial charge in [-0.2, -0.15) is 19.6 Å². The second-order valence-electron chi connectivity index (χ2n) is 13.8. The molecule has 51 heavy (non-hydrogen) atoms. The van der Waals surface area contributed by atoms with E-state index in [1.807, 2.05) is 36.2 Å². The Bertz CT molecular complexity index is 2010. The van der Waals surface area contributed by atoms with E-state index in [9.17, 15) is 4.79 Å². The number of piperazine rings is 1. The van der Waals surface area contributed by atoms with Crippen molar-refractivity contribution >= 4 is 40.5 Å². The average Bonchev–Trinajstić information content (AvgIpc) is 3.83. The van der Waals surface area contributed by atoms with Crippen LogP contribution in [0.3, 0.4) is 0 Å². The number of halogens is 1. The summed E-state index contributed by atoms with van der Waals surface area (Å²) in [4.78, 5) is 41.9. The minimum atomic E-state index is -0.477. The van der Waals surface area contributed by atoms with E-state index < -0.39 is 5.54 Å². The summed E-state index contributed by atoms with van der Waals surface area (Å²) in [6, 6.07) is 9.22. The van der Waals surface area contributed by atoms with E-state index in [-0.39, 0.29) is 5.91 Å². The number of morpholine rings is 1. The van der Waals surface area contributed by atoms with E-state index in [0.29, 0.717) is 90.3 Å². The molecule has 1 aromatic carbocycles. The summed E-state index contributed by atoms with van der Waals surface area (Å²) in [6.07, 6.45) is 5.36. The fourth-order valence-electron chi connectivity index (χ4n) is 7.10. The number of hydrogen-bond donors (Lipinski definition) is 0. The molecule has 0 aliphatic carbocycles. The van der Waals surface area contributed by atoms with Crippen LogP contribution in [0.15, 0.2) is 41.1 Å². The fourth-order valence-corrected chi connectivity index (χ4v) is 7.33. The Morgan fingerprint density at radius 1 is 0.843 bits per heavy atom. The standard InChI is InChI=1S/C35H41ClN12O3/c1-23-29-25(21-27(37-30(29)51-42-23)24-9-5-6-10-26(24)36)31(49)44-13-15-47(16-14-44)35(2,3)28-22-48(43-41-28)34-39-32(45-11-7-4-8-12-45)38-33(40-34)46-17-19-50-20-18-46/h5-6,9-10,21-22H,4,7-8,11-20H2,1-3H3. The van der Waals surface area contributed by atoms with E-state index in [0.717, 1.165) is 50.3 Å². The van der Waals surface area contributed by atoms with Gasteiger partial charge in [0.1, 0.15) is 5.69 Å². The van der Waals surface area contributed by atoms with Crippen LogP contribution in [0.2, 0.25) is 5.02 Å². The van der Waals surface area contributed by atoms with Crippen LogP contribution in [-0.2, 0) is 10.3 Å². The van der Waals surface area contributed by atoms with Gasteiger partial charge in [0.15, 0.2) is 0 Å². The molecule has 0 atom stereocenters. The van der Waals surface area contributed by atoms with Crippen LogP contribution in [0.4, 0.5) is 11.9 Å². The van der Waals surface area contributed by atoms with E-state index in [1.165, 1.54) is 6.42 Å². The maximum Gasteiger partial charge on any atom is 0.259 e. The average molecular weight is 713 g/mol. The molecule has 0 unspecified atom stereocenters. The highest BCUT2D eigenvalue weighted by Crippen LogP contribution is 2.33. The number of fused-ring (bicyclic) bond motifs is 1. The number of carbonyl (C=O) groups is 1. The van der Waals surface area contributed by atoms with Crippen molar-refractivity contribution in [3.05, 3.63) is 58.5 Å². The Balaban J connectivity index is 1.01. The lowest BCUT2D eigenvalue weighted by atomic mass is 9.97. The van der Waals surface area contributed by atoms with Gasteiger partial charge in [0.2, 0.25) is 11.9 Å². The third-order valence-corrected chi connectivity index (χ3v) is 10.5. The molecule has 266 valence electrons. The molecular formula is C35H41ClN12O3. The lowest BCUT2D eigenvalue weighted by Crippen LogP contribution is -2.54. The van der Waals surface area contributed by atoms with Gasteiger partial charge < -0.3 is 24.0 Å². The van der Waals surface area contributed by atoms with Crippen molar-refractivity contribution in [1.29, 1.82) is 0 Å². The summed E-state index contributed by atoms with van der Waals surface area (Å²) >= 11 is 6.50. The third-order valence-electron chi connectivity index (χ3n) is 10.2. The third kappa shape index (κ3) is 6.49. The highest BCUT2D eigenvalue weighted by Gasteiger charge is 2.36. The monoisotopic (exact) mass is 712 g/mol. The van der Waals surface area contributed by atoms with E-state index in [1.54, 1.807) is 16.8 Å². The van der Waals surface area contributed by atoms with Crippen molar-refractivity contribution in [2.45, 2.75) is 45.6 Å². The molecule has 3 aliphatic rings. The first-order valence-electron chi connectivity index (χ1n) is 17.6. The maximum atomic E-state index is 14.1. The lowest BCUT2D eigenvalue weighted by Gasteiger charge is -2.43. The van der Waals surface area contributed by atoms with E-state index >= 15 is 0 Å². The Hall–Kier alpha value is -4.73. The van der Waals surface area contributed by atoms with Gasteiger partial charge in [0, 0.05) is 62.9 Å². The first-order chi connectivity index (χ1) is 24.8. The number of aryl methyl sites for hydroxylation is 1. The normalized spacial score (nSPS) is 17.8. The molecule has 3 fully saturated rings. The van der Waals surface area contributed by atoms with Gasteiger partial charge >= 0.3 is 0 Å². The summed E-state index contributed by atoms with van der Waals surface area (Å²) in [5.74, 6) is 1.65. The van der Waals surface area contributed by atoms with Crippen LogP contribution >= 0.6 is 11.6 Å². The fraction of sp³-hybridized carbons (Fsp3) is 0.486. The first-order valence-corrected chi connectivity index (χ1v) is 18.0. The molecule has 0 saturated carbocycles. The predicted octanol–water partition coefficient (Wildman–Crippen LogP) is 4.14. The van der Waals surface area contributed by atoms with Crippen molar-refractivity contribution in [1.82, 2.24) is 49.9 Å². The van der Waals surface area contributed by atoms with Gasteiger partial charge in [0.05, 0.1) is 47.3 Å². The molecule has 16 heteroatoms. The van der Waals surface area contributed by atoms with Gasteiger partial charge in [0.25, 0.3) is 17.6 Å². The molecule has 3 saturated heterocycles. The SMILES string of the molecule is Cc1noc2nc(-c3ccccc3Cl)cc(C(=O)N3CCN(C(C)(C)c4cn(-c5nc(N6CCCCC6)nc(N6CCOCC6)n5)nn4)CC3)c12. The maximum absolute atomic E-state index is 14.1. The van der Waals surface area contributed by atoms with Crippen LogP contribution in [0, 0.1) is 6.92 Å². The zero-order chi connectivity index (χ0) is 35.1. The Kier molecular flexibility index (Phi) is 9.02. The molecular weight excluding hydrogens is 672 g/mol. The lowest BCUT2D eigenvalue weighted by molar-refractivity contribution is 0.0379. The number of ether oxygens (including phenoxy) is 1. The minimum Gasteiger partial charge on any atom is -0.378 e. The van der Waals surface area contributed by atoms with Crippen LogP contribution in [0.1, 0.15) is 54.9 Å². The molecule has 0 radical (unpaired) electrons. The number of benzene rings is 1. The van der Waals surface area contributed by atoms with E-state index in [4.69, 9.17) is 35.8 Å². The molecule has 4 aromatic heterocycles. The highest BCUT2D eigenvalue weighted by molar-refractivity contribution is 6.33. The van der Waals surface area contributed by atoms with Crippen LogP contribution in [0.5, 0.6) is 0 Å². The van der Waals surface area contributed by atoms with Crippen LogP contribution in [-0.4, -0.2) is 121 Å². The molecule has 5 aromatic rings. The Morgan fingerprint density at radius 2 is 1.53 bits per heavy atom. The number of carbonyl (C=O) groups excluding carboxylic acids is 1. The summed E-state index contributed by atoms with van der Waals surface area (Å²) in [5.41, 5.74) is 3.03. The topological polar surface area (TPSA) is 148 Å². The Morgan fingerprint density at radius 3 is 2.25 bits per heavy atom. The number of piperidine rings is 1. The summed E-state index contributed by atoms with van der Waals surface area (Å²) in [6.45, 7) is 13.0. The molecule has 0 bridgehead atoms. The van der Waals surface area contributed by atoms with Crippen molar-refractivity contribution in [2.75, 3.05) is 75.4 Å². The highest BCUT2D eigenvalue weighted by atomic mass is 35.5. The zero-order valence-electron chi connectivity index (χ0n) is 29.1. The number of pyridine rings is 1. The summed E-state index contributed by atoms with van der Waals surface area (Å²) in [7, 11) is 0. The zero-order valence-corrected chi connectivity index (χ0v) is 29.9. The molecule has 7 heterocycles. The molecule has 8 rings (SSSR count). The molecule has 0 N–H and O–H groups in total. The summed E-state index contributed by atoms with van der Waals surface area (Å²) in [5, 5.41) is 14.4. The molecule has 3 aliphatic heterocycles. The number of rotatable bonds is 7. The second kappa shape index (κ2) is 13.8. The largest absolute Gasteiger partial charge is 0.378 e. The molecule has 1 amide bonds. The van der Waals surface area contributed by atoms with Gasteiger partial charge in [-0.15, -0.1) is 5.10 Å². The first kappa shape index (κ1) is 33.4. The van der Waals surface area contributed by atoms with Gasteiger partial charge in [-0.05, 0) is 52.2 Å². The number of nitrogens with zero attached hydrogens (tertiary/aromatic N) is 12. The van der Waals surface area contributed by atoms with E-state index in [2.05, 4.69) is 49.0 Å². The quantitative estimate of drug-likeness (QED) is 0.238. The number of aromatic nitrogens is 8. The minimum absolute atomic E-state index is 0.0965. The number of anilines is 2. The summed E-state index contributed by atoms with van der Waals surface area (Å²) < 4.78 is 12.8. The van der Waals surface area contributed by atoms with Gasteiger partial charge in [-0.25, -0.2) is 4.98 Å². The van der Waals surface area contributed by atoms with Crippen molar-refractivity contribution < 1.29 is 14.1 Å². The smallest absolute Gasteiger partial charge is 0.259 e. The predicted molar refractivity (Wildman–Crippen MR) is 191 cm³/mol. The Labute approximate surface area is 300 Å². The van der Waals surface area contributed by atoms with Crippen molar-refractivity contribution in [3.63, 3.8) is 0 Å². The van der Waals surface area contributed by atoms with Gasteiger partial charge in [-0.3, -0.25) is 9.69 Å². The van der Waals surface area contributed by atoms with Crippen molar-refractivity contribution in [2.24, 2.45) is 0 Å². The van der Waals surface area contributed by atoms with Crippen LogP contribution in [0.25, 0.3) is 28.3 Å². The number of hydrogen-bond acceptors (Lipinski definition) is 13. The van der Waals surface area contributed by atoms with Crippen molar-refractivity contribution in [3.8, 4) is 17.2 Å². The number of amides is 1. The second-order valence-corrected chi connectivity index (χ2v) is 14.2. The van der Waals surface area contributed by atoms with Crippen LogP contribution < -0.4 is 9.80 Å². The molecule has 15 nitrogen and oxygen atoms in total. The molecule has 0 spiro atoms. The van der Waals surface area contributed by atoms with Gasteiger partial charge in [-0.1, -0.05) is 40.2 Å².